The summed E-state index contributed by atoms with van der Waals surface area (Å²) in [6.45, 7) is 17.7. The van der Waals surface area contributed by atoms with E-state index in [4.69, 9.17) is 9.16 Å². The number of aromatic nitrogens is 3. The maximum atomic E-state index is 13.0. The molecule has 0 spiro atoms. The zero-order chi connectivity index (χ0) is 26.3. The minimum atomic E-state index is -1.95. The average molecular weight is 505 g/mol. The van der Waals surface area contributed by atoms with Crippen LogP contribution in [0.15, 0.2) is 21.9 Å². The van der Waals surface area contributed by atoms with Gasteiger partial charge in [0.05, 0.1) is 12.1 Å². The van der Waals surface area contributed by atoms with Gasteiger partial charge in [-0.05, 0) is 63.4 Å². The van der Waals surface area contributed by atoms with Crippen LogP contribution in [0.5, 0.6) is 0 Å². The lowest BCUT2D eigenvalue weighted by molar-refractivity contribution is 0.0188. The van der Waals surface area contributed by atoms with Crippen molar-refractivity contribution >= 4 is 25.6 Å². The third-order valence-electron chi connectivity index (χ3n) is 7.09. The molecule has 35 heavy (non-hydrogen) atoms. The van der Waals surface area contributed by atoms with Crippen molar-refractivity contribution in [3.8, 4) is 0 Å². The van der Waals surface area contributed by atoms with E-state index in [0.717, 1.165) is 5.56 Å². The van der Waals surface area contributed by atoms with Crippen LogP contribution in [0, 0.1) is 0 Å². The van der Waals surface area contributed by atoms with Crippen molar-refractivity contribution in [1.29, 1.82) is 0 Å². The van der Waals surface area contributed by atoms with E-state index in [-0.39, 0.29) is 17.2 Å². The molecular weight excluding hydrogens is 464 g/mol. The lowest BCUT2D eigenvalue weighted by atomic mass is 10.0. The number of fused-ring (bicyclic) bond motifs is 1. The number of likely N-dealkylation sites (tertiary alicyclic amines) is 1. The molecule has 1 fully saturated rings. The molecule has 0 unspecified atom stereocenters. The molecule has 1 amide bonds. The average Bonchev–Trinajstić information content (AvgIpc) is 2.75. The standard InChI is InChI=1S/C25H40N4O5Si/c1-24(2,3)34-23(32)28-12-10-18(11-13-28)29-20-19(27(7)21(30)22(29)31)14-17(15-26-20)16-33-35(8,9)25(4,5)6/h14-15,18H,10-13,16H2,1-9H3. The molecule has 0 N–H and O–H groups in total. The topological polar surface area (TPSA) is 95.7 Å². The van der Waals surface area contributed by atoms with Gasteiger partial charge in [0, 0.05) is 32.4 Å². The Morgan fingerprint density at radius 1 is 1.09 bits per heavy atom. The summed E-state index contributed by atoms with van der Waals surface area (Å²) in [6, 6.07) is 1.67. The van der Waals surface area contributed by atoms with Crippen molar-refractivity contribution in [2.24, 2.45) is 7.05 Å². The van der Waals surface area contributed by atoms with Gasteiger partial charge in [-0.3, -0.25) is 14.2 Å². The van der Waals surface area contributed by atoms with Crippen molar-refractivity contribution < 1.29 is 14.0 Å². The first-order valence-corrected chi connectivity index (χ1v) is 15.1. The van der Waals surface area contributed by atoms with Crippen LogP contribution in [0.4, 0.5) is 4.79 Å². The Labute approximate surface area is 208 Å². The summed E-state index contributed by atoms with van der Waals surface area (Å²) in [4.78, 5) is 44.5. The molecule has 0 aromatic carbocycles. The Hall–Kier alpha value is -2.46. The highest BCUT2D eigenvalue weighted by Gasteiger charge is 2.37. The van der Waals surface area contributed by atoms with Gasteiger partial charge < -0.3 is 18.6 Å². The molecule has 2 aromatic rings. The molecule has 3 heterocycles. The zero-order valence-corrected chi connectivity index (χ0v) is 23.6. The molecule has 0 bridgehead atoms. The molecule has 0 radical (unpaired) electrons. The van der Waals surface area contributed by atoms with E-state index in [1.54, 1.807) is 18.1 Å². The van der Waals surface area contributed by atoms with Gasteiger partial charge in [-0.15, -0.1) is 0 Å². The number of nitrogens with zero attached hydrogens (tertiary/aromatic N) is 4. The van der Waals surface area contributed by atoms with E-state index in [1.807, 2.05) is 26.8 Å². The van der Waals surface area contributed by atoms with Crippen molar-refractivity contribution in [3.05, 3.63) is 38.5 Å². The van der Waals surface area contributed by atoms with E-state index < -0.39 is 25.0 Å². The molecule has 3 rings (SSSR count). The molecular formula is C25H40N4O5Si. The number of aryl methyl sites for hydroxylation is 1. The summed E-state index contributed by atoms with van der Waals surface area (Å²) >= 11 is 0. The van der Waals surface area contributed by atoms with E-state index >= 15 is 0 Å². The quantitative estimate of drug-likeness (QED) is 0.458. The Kier molecular flexibility index (Phi) is 7.39. The highest BCUT2D eigenvalue weighted by molar-refractivity contribution is 6.74. The normalized spacial score (nSPS) is 16.1. The van der Waals surface area contributed by atoms with Crippen LogP contribution in [0.1, 0.15) is 66.0 Å². The predicted molar refractivity (Wildman–Crippen MR) is 139 cm³/mol. The molecule has 1 aliphatic heterocycles. The molecule has 1 aliphatic rings. The molecule has 9 nitrogen and oxygen atoms in total. The number of rotatable bonds is 4. The van der Waals surface area contributed by atoms with Crippen molar-refractivity contribution in [3.63, 3.8) is 0 Å². The van der Waals surface area contributed by atoms with Crippen molar-refractivity contribution in [2.75, 3.05) is 13.1 Å². The van der Waals surface area contributed by atoms with Gasteiger partial charge in [0.15, 0.2) is 14.0 Å². The first-order chi connectivity index (χ1) is 16.0. The summed E-state index contributed by atoms with van der Waals surface area (Å²) in [5.74, 6) is 0. The van der Waals surface area contributed by atoms with Gasteiger partial charge in [0.2, 0.25) is 0 Å². The van der Waals surface area contributed by atoms with Gasteiger partial charge in [-0.25, -0.2) is 9.78 Å². The maximum Gasteiger partial charge on any atom is 0.410 e. The fraction of sp³-hybridized carbons (Fsp3) is 0.680. The predicted octanol–water partition coefficient (Wildman–Crippen LogP) is 4.19. The van der Waals surface area contributed by atoms with Crippen molar-refractivity contribution in [1.82, 2.24) is 19.0 Å². The molecule has 0 aliphatic carbocycles. The van der Waals surface area contributed by atoms with Crippen LogP contribution in [0.25, 0.3) is 11.2 Å². The van der Waals surface area contributed by atoms with Gasteiger partial charge in [0.1, 0.15) is 5.60 Å². The smallest absolute Gasteiger partial charge is 0.410 e. The summed E-state index contributed by atoms with van der Waals surface area (Å²) in [7, 11) is -0.352. The zero-order valence-electron chi connectivity index (χ0n) is 22.6. The lowest BCUT2D eigenvalue weighted by Crippen LogP contribution is -2.46. The Morgan fingerprint density at radius 3 is 2.23 bits per heavy atom. The van der Waals surface area contributed by atoms with Crippen LogP contribution in [-0.4, -0.2) is 52.1 Å². The van der Waals surface area contributed by atoms with E-state index in [0.29, 0.717) is 43.7 Å². The number of piperidine rings is 1. The van der Waals surface area contributed by atoms with Crippen LogP contribution >= 0.6 is 0 Å². The highest BCUT2D eigenvalue weighted by Crippen LogP contribution is 2.37. The number of pyridine rings is 1. The maximum absolute atomic E-state index is 13.0. The SMILES string of the molecule is Cn1c(=O)c(=O)n(C2CCN(C(=O)OC(C)(C)C)CC2)c2ncc(CO[Si](C)(C)C(C)(C)C)cc21. The van der Waals surface area contributed by atoms with Crippen LogP contribution < -0.4 is 11.1 Å². The minimum Gasteiger partial charge on any atom is -0.444 e. The van der Waals surface area contributed by atoms with Gasteiger partial charge in [-0.1, -0.05) is 20.8 Å². The van der Waals surface area contributed by atoms with Crippen LogP contribution in [0.2, 0.25) is 18.1 Å². The monoisotopic (exact) mass is 504 g/mol. The third kappa shape index (κ3) is 5.86. The highest BCUT2D eigenvalue weighted by atomic mass is 28.4. The number of carbonyl (C=O) groups is 1. The second-order valence-corrected chi connectivity index (χ2v) is 16.8. The molecule has 2 aromatic heterocycles. The number of amides is 1. The van der Waals surface area contributed by atoms with Gasteiger partial charge >= 0.3 is 17.2 Å². The summed E-state index contributed by atoms with van der Waals surface area (Å²) in [5.41, 5.74) is 0.194. The molecule has 194 valence electrons. The fourth-order valence-electron chi connectivity index (χ4n) is 3.90. The third-order valence-corrected chi connectivity index (χ3v) is 11.6. The molecule has 1 saturated heterocycles. The molecule has 0 atom stereocenters. The number of carbonyl (C=O) groups excluding carboxylic acids is 1. The van der Waals surface area contributed by atoms with E-state index in [1.165, 1.54) is 9.13 Å². The summed E-state index contributed by atoms with van der Waals surface area (Å²) in [6.07, 6.45) is 2.45. The Balaban J connectivity index is 1.88. The number of hydrogen-bond acceptors (Lipinski definition) is 6. The molecule has 0 saturated carbocycles. The van der Waals surface area contributed by atoms with Gasteiger partial charge in [0.25, 0.3) is 0 Å². The number of ether oxygens (including phenoxy) is 1. The first kappa shape index (κ1) is 27.1. The lowest BCUT2D eigenvalue weighted by Gasteiger charge is -2.36. The van der Waals surface area contributed by atoms with Gasteiger partial charge in [-0.2, -0.15) is 0 Å². The van der Waals surface area contributed by atoms with Crippen molar-refractivity contribution in [2.45, 2.75) is 90.8 Å². The Bertz CT molecular complexity index is 1210. The number of hydrogen-bond donors (Lipinski definition) is 0. The summed E-state index contributed by atoms with van der Waals surface area (Å²) in [5, 5.41) is 0.0821. The first-order valence-electron chi connectivity index (χ1n) is 12.2. The summed E-state index contributed by atoms with van der Waals surface area (Å²) < 4.78 is 14.7. The minimum absolute atomic E-state index is 0.0821. The van der Waals surface area contributed by atoms with Crippen LogP contribution in [-0.2, 0) is 22.8 Å². The Morgan fingerprint density at radius 2 is 1.69 bits per heavy atom. The largest absolute Gasteiger partial charge is 0.444 e. The van der Waals surface area contributed by atoms with Crippen LogP contribution in [0.3, 0.4) is 0 Å². The molecule has 10 heteroatoms. The fourth-order valence-corrected chi connectivity index (χ4v) is 4.86. The van der Waals surface area contributed by atoms with E-state index in [9.17, 15) is 14.4 Å². The van der Waals surface area contributed by atoms with E-state index in [2.05, 4.69) is 38.8 Å². The second kappa shape index (κ2) is 9.53. The second-order valence-electron chi connectivity index (χ2n) is 12.0.